The van der Waals surface area contributed by atoms with Gasteiger partial charge in [-0.2, -0.15) is 0 Å². The molecule has 0 heterocycles. The summed E-state index contributed by atoms with van der Waals surface area (Å²) < 4.78 is 0. The molecule has 0 aromatic heterocycles. The van der Waals surface area contributed by atoms with Gasteiger partial charge in [-0.1, -0.05) is 6.08 Å². The van der Waals surface area contributed by atoms with Crippen molar-refractivity contribution in [3.05, 3.63) is 12.2 Å². The van der Waals surface area contributed by atoms with Crippen LogP contribution in [0.25, 0.3) is 0 Å². The number of rotatable bonds is 5. The molecule has 0 saturated carbocycles. The van der Waals surface area contributed by atoms with Crippen molar-refractivity contribution in [3.8, 4) is 0 Å². The van der Waals surface area contributed by atoms with E-state index in [-0.39, 0.29) is 12.3 Å². The van der Waals surface area contributed by atoms with Crippen LogP contribution in [0.5, 0.6) is 0 Å². The van der Waals surface area contributed by atoms with Crippen molar-refractivity contribution in [2.75, 3.05) is 13.6 Å². The molecule has 1 N–H and O–H groups in total. The standard InChI is InChI=1S/C9H15NO3/c1-3-5-8(11)10(2)7-4-6-9(12)13/h3,5H,4,6-7H2,1-2H3,(H,12,13)/b5-3+. The number of hydrogen-bond acceptors (Lipinski definition) is 2. The highest BCUT2D eigenvalue weighted by Crippen LogP contribution is 1.94. The average molecular weight is 185 g/mol. The molecular formula is C9H15NO3. The summed E-state index contributed by atoms with van der Waals surface area (Å²) in [6.45, 7) is 2.25. The van der Waals surface area contributed by atoms with Crippen LogP contribution in [0.4, 0.5) is 0 Å². The van der Waals surface area contributed by atoms with Gasteiger partial charge in [-0.05, 0) is 19.4 Å². The van der Waals surface area contributed by atoms with Crippen LogP contribution in [0, 0.1) is 0 Å². The maximum absolute atomic E-state index is 11.1. The minimum absolute atomic E-state index is 0.0899. The molecule has 4 heteroatoms. The van der Waals surface area contributed by atoms with Crippen LogP contribution in [0.3, 0.4) is 0 Å². The van der Waals surface area contributed by atoms with Crippen molar-refractivity contribution >= 4 is 11.9 Å². The molecule has 0 spiro atoms. The largest absolute Gasteiger partial charge is 0.481 e. The van der Waals surface area contributed by atoms with E-state index in [9.17, 15) is 9.59 Å². The van der Waals surface area contributed by atoms with E-state index >= 15 is 0 Å². The Hall–Kier alpha value is -1.32. The van der Waals surface area contributed by atoms with Gasteiger partial charge in [0.25, 0.3) is 0 Å². The van der Waals surface area contributed by atoms with Crippen molar-refractivity contribution < 1.29 is 14.7 Å². The molecule has 13 heavy (non-hydrogen) atoms. The molecule has 0 aliphatic rings. The number of amides is 1. The molecule has 4 nitrogen and oxygen atoms in total. The first-order valence-corrected chi connectivity index (χ1v) is 4.17. The monoisotopic (exact) mass is 185 g/mol. The number of carbonyl (C=O) groups is 2. The Kier molecular flexibility index (Phi) is 5.59. The Bertz CT molecular complexity index is 211. The van der Waals surface area contributed by atoms with Gasteiger partial charge in [-0.15, -0.1) is 0 Å². The molecule has 0 aromatic carbocycles. The van der Waals surface area contributed by atoms with Crippen molar-refractivity contribution in [2.24, 2.45) is 0 Å². The Morgan fingerprint density at radius 3 is 2.54 bits per heavy atom. The zero-order chi connectivity index (χ0) is 10.3. The second-order valence-corrected chi connectivity index (χ2v) is 2.76. The highest BCUT2D eigenvalue weighted by molar-refractivity contribution is 5.87. The third-order valence-electron chi connectivity index (χ3n) is 1.57. The summed E-state index contributed by atoms with van der Waals surface area (Å²) in [5, 5.41) is 8.35. The third kappa shape index (κ3) is 5.90. The number of carboxylic acids is 1. The summed E-state index contributed by atoms with van der Waals surface area (Å²) in [5.41, 5.74) is 0. The lowest BCUT2D eigenvalue weighted by molar-refractivity contribution is -0.137. The number of nitrogens with zero attached hydrogens (tertiary/aromatic N) is 1. The fourth-order valence-corrected chi connectivity index (χ4v) is 0.847. The molecule has 0 aliphatic carbocycles. The lowest BCUT2D eigenvalue weighted by Crippen LogP contribution is -2.26. The Morgan fingerprint density at radius 2 is 2.08 bits per heavy atom. The Morgan fingerprint density at radius 1 is 1.46 bits per heavy atom. The number of aliphatic carboxylic acids is 1. The van der Waals surface area contributed by atoms with E-state index in [4.69, 9.17) is 5.11 Å². The van der Waals surface area contributed by atoms with E-state index in [0.717, 1.165) is 0 Å². The van der Waals surface area contributed by atoms with Gasteiger partial charge in [-0.3, -0.25) is 9.59 Å². The van der Waals surface area contributed by atoms with Crippen LogP contribution >= 0.6 is 0 Å². The number of carbonyl (C=O) groups excluding carboxylic acids is 1. The van der Waals surface area contributed by atoms with Crippen LogP contribution in [0.1, 0.15) is 19.8 Å². The molecule has 0 fully saturated rings. The van der Waals surface area contributed by atoms with Crippen molar-refractivity contribution in [3.63, 3.8) is 0 Å². The van der Waals surface area contributed by atoms with Crippen LogP contribution in [0.2, 0.25) is 0 Å². The van der Waals surface area contributed by atoms with Gasteiger partial charge in [0, 0.05) is 20.0 Å². The van der Waals surface area contributed by atoms with Gasteiger partial charge in [0.2, 0.25) is 5.91 Å². The molecule has 0 unspecified atom stereocenters. The summed E-state index contributed by atoms with van der Waals surface area (Å²) in [6, 6.07) is 0. The number of likely N-dealkylation sites (N-methyl/N-ethyl adjacent to an activating group) is 1. The van der Waals surface area contributed by atoms with Crippen molar-refractivity contribution in [1.29, 1.82) is 0 Å². The zero-order valence-corrected chi connectivity index (χ0v) is 7.99. The lowest BCUT2D eigenvalue weighted by Gasteiger charge is -2.13. The summed E-state index contributed by atoms with van der Waals surface area (Å²) in [7, 11) is 1.66. The van der Waals surface area contributed by atoms with Gasteiger partial charge < -0.3 is 10.0 Å². The van der Waals surface area contributed by atoms with Crippen molar-refractivity contribution in [1.82, 2.24) is 4.90 Å². The molecule has 0 radical (unpaired) electrons. The molecule has 0 aliphatic heterocycles. The quantitative estimate of drug-likeness (QED) is 0.647. The van der Waals surface area contributed by atoms with Crippen LogP contribution in [-0.2, 0) is 9.59 Å². The van der Waals surface area contributed by atoms with Crippen molar-refractivity contribution in [2.45, 2.75) is 19.8 Å². The number of allylic oxidation sites excluding steroid dienone is 1. The van der Waals surface area contributed by atoms with Gasteiger partial charge in [0.05, 0.1) is 0 Å². The summed E-state index contributed by atoms with van der Waals surface area (Å²) in [6.07, 6.45) is 3.72. The summed E-state index contributed by atoms with van der Waals surface area (Å²) >= 11 is 0. The highest BCUT2D eigenvalue weighted by Gasteiger charge is 2.04. The maximum Gasteiger partial charge on any atom is 0.303 e. The fraction of sp³-hybridized carbons (Fsp3) is 0.556. The first kappa shape index (κ1) is 11.7. The summed E-state index contributed by atoms with van der Waals surface area (Å²) in [4.78, 5) is 22.8. The van der Waals surface area contributed by atoms with E-state index in [2.05, 4.69) is 0 Å². The lowest BCUT2D eigenvalue weighted by atomic mass is 10.3. The van der Waals surface area contributed by atoms with Crippen LogP contribution < -0.4 is 0 Å². The Labute approximate surface area is 77.8 Å². The predicted molar refractivity (Wildman–Crippen MR) is 49.3 cm³/mol. The van der Waals surface area contributed by atoms with Gasteiger partial charge in [0.15, 0.2) is 0 Å². The molecule has 1 amide bonds. The normalized spacial score (nSPS) is 10.3. The first-order chi connectivity index (χ1) is 6.07. The van der Waals surface area contributed by atoms with E-state index in [0.29, 0.717) is 13.0 Å². The molecule has 0 rings (SSSR count). The van der Waals surface area contributed by atoms with E-state index in [1.54, 1.807) is 20.0 Å². The second kappa shape index (κ2) is 6.22. The van der Waals surface area contributed by atoms with Crippen LogP contribution in [-0.4, -0.2) is 35.5 Å². The fourth-order valence-electron chi connectivity index (χ4n) is 0.847. The summed E-state index contributed by atoms with van der Waals surface area (Å²) in [5.74, 6) is -0.917. The number of hydrogen-bond donors (Lipinski definition) is 1. The molecule has 0 bridgehead atoms. The zero-order valence-electron chi connectivity index (χ0n) is 7.99. The van der Waals surface area contributed by atoms with Gasteiger partial charge in [0.1, 0.15) is 0 Å². The first-order valence-electron chi connectivity index (χ1n) is 4.17. The molecule has 0 aromatic rings. The topological polar surface area (TPSA) is 57.6 Å². The van der Waals surface area contributed by atoms with E-state index < -0.39 is 5.97 Å². The Balaban J connectivity index is 3.67. The molecule has 74 valence electrons. The maximum atomic E-state index is 11.1. The molecule has 0 saturated heterocycles. The van der Waals surface area contributed by atoms with E-state index in [1.807, 2.05) is 0 Å². The van der Waals surface area contributed by atoms with Crippen LogP contribution in [0.15, 0.2) is 12.2 Å². The minimum atomic E-state index is -0.827. The van der Waals surface area contributed by atoms with E-state index in [1.165, 1.54) is 11.0 Å². The molecule has 0 atom stereocenters. The smallest absolute Gasteiger partial charge is 0.303 e. The third-order valence-corrected chi connectivity index (χ3v) is 1.57. The molecular weight excluding hydrogens is 170 g/mol. The van der Waals surface area contributed by atoms with Gasteiger partial charge in [-0.25, -0.2) is 0 Å². The minimum Gasteiger partial charge on any atom is -0.481 e. The number of carboxylic acid groups (broad SMARTS) is 1. The van der Waals surface area contributed by atoms with Gasteiger partial charge >= 0.3 is 5.97 Å². The highest BCUT2D eigenvalue weighted by atomic mass is 16.4. The second-order valence-electron chi connectivity index (χ2n) is 2.76. The average Bonchev–Trinajstić information content (AvgIpc) is 2.04. The predicted octanol–water partition coefficient (Wildman–Crippen LogP) is 0.886. The SMILES string of the molecule is C/C=C/C(=O)N(C)CCCC(=O)O.